The van der Waals surface area contributed by atoms with Gasteiger partial charge in [-0.05, 0) is 37.1 Å². The van der Waals surface area contributed by atoms with Gasteiger partial charge in [0.2, 0.25) is 0 Å². The highest BCUT2D eigenvalue weighted by Gasteiger charge is 2.35. The van der Waals surface area contributed by atoms with E-state index >= 15 is 0 Å². The fraction of sp³-hybridized carbons (Fsp3) is 0.625. The lowest BCUT2D eigenvalue weighted by molar-refractivity contribution is -0.898. The van der Waals surface area contributed by atoms with E-state index in [-0.39, 0.29) is 0 Å². The zero-order chi connectivity index (χ0) is 13.3. The molecule has 2 fully saturated rings. The van der Waals surface area contributed by atoms with E-state index in [0.717, 1.165) is 5.69 Å². The van der Waals surface area contributed by atoms with Gasteiger partial charge in [0, 0.05) is 30.8 Å². The van der Waals surface area contributed by atoms with Crippen LogP contribution in [0, 0.1) is 0 Å². The maximum atomic E-state index is 5.79. The van der Waals surface area contributed by atoms with Gasteiger partial charge in [0.25, 0.3) is 0 Å². The van der Waals surface area contributed by atoms with Crippen molar-refractivity contribution in [2.45, 2.75) is 31.7 Å². The molecule has 3 heteroatoms. The molecule has 2 heterocycles. The number of likely N-dealkylation sites (tertiary alicyclic amines) is 1. The first-order valence-corrected chi connectivity index (χ1v) is 7.62. The summed E-state index contributed by atoms with van der Waals surface area (Å²) in [5.41, 5.74) is 8.00. The lowest BCUT2D eigenvalue weighted by atomic mass is 10.1. The summed E-state index contributed by atoms with van der Waals surface area (Å²) in [4.78, 5) is 2.60. The van der Waals surface area contributed by atoms with Crippen LogP contribution < -0.4 is 10.6 Å². The quantitative estimate of drug-likeness (QED) is 0.668. The molecular weight excluding hydrogens is 234 g/mol. The fourth-order valence-electron chi connectivity index (χ4n) is 3.82. The topological polar surface area (TPSA) is 29.3 Å². The second-order valence-corrected chi connectivity index (χ2v) is 6.54. The number of anilines is 2. The third kappa shape index (κ3) is 2.71. The molecular formula is C16H26N3+. The van der Waals surface area contributed by atoms with Crippen LogP contribution in [0.5, 0.6) is 0 Å². The third-order valence-electron chi connectivity index (χ3n) is 4.90. The van der Waals surface area contributed by atoms with E-state index in [1.807, 2.05) is 12.1 Å². The Morgan fingerprint density at radius 2 is 1.84 bits per heavy atom. The molecule has 2 N–H and O–H groups in total. The molecule has 0 radical (unpaired) electrons. The zero-order valence-electron chi connectivity index (χ0n) is 12.0. The molecule has 19 heavy (non-hydrogen) atoms. The zero-order valence-corrected chi connectivity index (χ0v) is 12.0. The number of likely N-dealkylation sites (N-methyl/N-ethyl adjacent to an activating group) is 1. The predicted molar refractivity (Wildman–Crippen MR) is 81.2 cm³/mol. The maximum absolute atomic E-state index is 5.79. The van der Waals surface area contributed by atoms with Gasteiger partial charge in [-0.2, -0.15) is 0 Å². The molecule has 1 atom stereocenters. The van der Waals surface area contributed by atoms with Gasteiger partial charge in [-0.25, -0.2) is 0 Å². The number of nitrogens with zero attached hydrogens (tertiary/aromatic N) is 2. The van der Waals surface area contributed by atoms with E-state index < -0.39 is 0 Å². The second-order valence-electron chi connectivity index (χ2n) is 6.54. The molecule has 2 saturated heterocycles. The van der Waals surface area contributed by atoms with Gasteiger partial charge >= 0.3 is 0 Å². The van der Waals surface area contributed by atoms with E-state index in [9.17, 15) is 0 Å². The summed E-state index contributed by atoms with van der Waals surface area (Å²) in [6.45, 7) is 5.25. The van der Waals surface area contributed by atoms with Gasteiger partial charge in [0.1, 0.15) is 0 Å². The predicted octanol–water partition coefficient (Wildman–Crippen LogP) is 2.48. The first-order valence-electron chi connectivity index (χ1n) is 7.62. The van der Waals surface area contributed by atoms with Gasteiger partial charge in [-0.1, -0.05) is 0 Å². The van der Waals surface area contributed by atoms with Crippen molar-refractivity contribution < 1.29 is 4.48 Å². The molecule has 0 amide bonds. The monoisotopic (exact) mass is 260 g/mol. The Kier molecular flexibility index (Phi) is 3.40. The van der Waals surface area contributed by atoms with E-state index in [1.165, 1.54) is 62.0 Å². The highest BCUT2D eigenvalue weighted by Crippen LogP contribution is 2.29. The van der Waals surface area contributed by atoms with Crippen LogP contribution in [0.1, 0.15) is 25.7 Å². The number of rotatable bonds is 3. The molecule has 2 aliphatic rings. The minimum atomic E-state index is 0.715. The molecule has 0 aliphatic carbocycles. The van der Waals surface area contributed by atoms with E-state index in [0.29, 0.717) is 6.04 Å². The van der Waals surface area contributed by atoms with E-state index in [1.54, 1.807) is 0 Å². The molecule has 1 aromatic carbocycles. The van der Waals surface area contributed by atoms with Crippen LogP contribution in [-0.2, 0) is 0 Å². The molecule has 1 aromatic rings. The summed E-state index contributed by atoms with van der Waals surface area (Å²) in [6.07, 6.45) is 5.49. The van der Waals surface area contributed by atoms with Crippen molar-refractivity contribution >= 4 is 11.4 Å². The van der Waals surface area contributed by atoms with Crippen LogP contribution in [0.25, 0.3) is 0 Å². The van der Waals surface area contributed by atoms with Crippen molar-refractivity contribution in [3.05, 3.63) is 24.3 Å². The van der Waals surface area contributed by atoms with Crippen LogP contribution >= 0.6 is 0 Å². The minimum absolute atomic E-state index is 0.715. The summed E-state index contributed by atoms with van der Waals surface area (Å²) >= 11 is 0. The fourth-order valence-corrected chi connectivity index (χ4v) is 3.82. The van der Waals surface area contributed by atoms with Gasteiger partial charge in [-0.15, -0.1) is 0 Å². The Bertz CT molecular complexity index is 420. The Hall–Kier alpha value is -1.22. The summed E-state index contributed by atoms with van der Waals surface area (Å²) in [6, 6.07) is 9.12. The number of nitrogens with two attached hydrogens (primary N) is 1. The highest BCUT2D eigenvalue weighted by molar-refractivity contribution is 5.54. The normalized spacial score (nSPS) is 25.9. The number of quaternary nitrogens is 1. The van der Waals surface area contributed by atoms with Crippen LogP contribution in [0.2, 0.25) is 0 Å². The third-order valence-corrected chi connectivity index (χ3v) is 4.90. The van der Waals surface area contributed by atoms with Gasteiger partial charge in [-0.3, -0.25) is 0 Å². The molecule has 3 nitrogen and oxygen atoms in total. The molecule has 0 spiro atoms. The SMILES string of the molecule is C[N+]1(CC2CCCN2c2ccc(N)cc2)CCCC1. The summed E-state index contributed by atoms with van der Waals surface area (Å²) in [7, 11) is 2.44. The standard InChI is InChI=1S/C16H26N3/c1-19(11-2-3-12-19)13-16-5-4-10-18(16)15-8-6-14(17)7-9-15/h6-9,16H,2-5,10-13,17H2,1H3/q+1. The molecule has 104 valence electrons. The van der Waals surface area contributed by atoms with Crippen molar-refractivity contribution in [1.82, 2.24) is 0 Å². The molecule has 0 bridgehead atoms. The summed E-state index contributed by atoms with van der Waals surface area (Å²) < 4.78 is 1.27. The number of hydrogen-bond donors (Lipinski definition) is 1. The molecule has 3 rings (SSSR count). The smallest absolute Gasteiger partial charge is 0.0991 e. The van der Waals surface area contributed by atoms with Crippen molar-refractivity contribution in [3.63, 3.8) is 0 Å². The first-order chi connectivity index (χ1) is 9.16. The summed E-state index contributed by atoms with van der Waals surface area (Å²) in [5, 5.41) is 0. The Morgan fingerprint density at radius 3 is 2.53 bits per heavy atom. The average Bonchev–Trinajstić information content (AvgIpc) is 3.00. The molecule has 2 aliphatic heterocycles. The van der Waals surface area contributed by atoms with Gasteiger partial charge < -0.3 is 15.1 Å². The summed E-state index contributed by atoms with van der Waals surface area (Å²) in [5.74, 6) is 0. The number of nitrogen functional groups attached to an aromatic ring is 1. The van der Waals surface area contributed by atoms with Crippen LogP contribution in [-0.4, -0.2) is 43.8 Å². The number of benzene rings is 1. The maximum Gasteiger partial charge on any atom is 0.0991 e. The number of hydrogen-bond acceptors (Lipinski definition) is 2. The average molecular weight is 260 g/mol. The van der Waals surface area contributed by atoms with Crippen molar-refractivity contribution in [2.24, 2.45) is 0 Å². The van der Waals surface area contributed by atoms with Gasteiger partial charge in [0.05, 0.1) is 32.7 Å². The first kappa shape index (κ1) is 12.8. The Labute approximate surface area is 116 Å². The van der Waals surface area contributed by atoms with E-state index in [2.05, 4.69) is 24.1 Å². The second kappa shape index (κ2) is 5.04. The highest BCUT2D eigenvalue weighted by atomic mass is 15.4. The van der Waals surface area contributed by atoms with Gasteiger partial charge in [0.15, 0.2) is 0 Å². The lowest BCUT2D eigenvalue weighted by Gasteiger charge is -2.36. The minimum Gasteiger partial charge on any atom is -0.399 e. The van der Waals surface area contributed by atoms with E-state index in [4.69, 9.17) is 5.73 Å². The molecule has 0 aromatic heterocycles. The van der Waals surface area contributed by atoms with Crippen molar-refractivity contribution in [2.75, 3.05) is 43.9 Å². The largest absolute Gasteiger partial charge is 0.399 e. The van der Waals surface area contributed by atoms with Crippen LogP contribution in [0.4, 0.5) is 11.4 Å². The Balaban J connectivity index is 1.72. The lowest BCUT2D eigenvalue weighted by Crippen LogP contribution is -2.50. The molecule has 1 unspecified atom stereocenters. The molecule has 0 saturated carbocycles. The van der Waals surface area contributed by atoms with Crippen molar-refractivity contribution in [3.8, 4) is 0 Å². The van der Waals surface area contributed by atoms with Crippen LogP contribution in [0.3, 0.4) is 0 Å². The van der Waals surface area contributed by atoms with Crippen LogP contribution in [0.15, 0.2) is 24.3 Å². The Morgan fingerprint density at radius 1 is 1.16 bits per heavy atom. The van der Waals surface area contributed by atoms with Crippen molar-refractivity contribution in [1.29, 1.82) is 0 Å².